The molecule has 1 aromatic carbocycles. The first-order chi connectivity index (χ1) is 9.06. The van der Waals surface area contributed by atoms with E-state index in [4.69, 9.17) is 9.84 Å². The molecule has 0 saturated carbocycles. The smallest absolute Gasteiger partial charge is 0.246 e. The molecule has 0 spiro atoms. The Morgan fingerprint density at radius 1 is 1.32 bits per heavy atom. The zero-order valence-corrected chi connectivity index (χ0v) is 11.0. The first-order valence-electron chi connectivity index (χ1n) is 5.76. The van der Waals surface area contributed by atoms with Gasteiger partial charge in [0.1, 0.15) is 12.4 Å². The van der Waals surface area contributed by atoms with Crippen LogP contribution in [0.15, 0.2) is 30.3 Å². The van der Waals surface area contributed by atoms with Crippen molar-refractivity contribution in [3.63, 3.8) is 0 Å². The molecule has 5 nitrogen and oxygen atoms in total. The average molecular weight is 263 g/mol. The van der Waals surface area contributed by atoms with Gasteiger partial charge in [0.25, 0.3) is 0 Å². The number of amides is 1. The van der Waals surface area contributed by atoms with E-state index in [2.05, 4.69) is 0 Å². The molecule has 5 heteroatoms. The van der Waals surface area contributed by atoms with Crippen molar-refractivity contribution in [1.82, 2.24) is 4.90 Å². The van der Waals surface area contributed by atoms with Crippen LogP contribution < -0.4 is 4.74 Å². The van der Waals surface area contributed by atoms with Crippen molar-refractivity contribution in [1.29, 1.82) is 0 Å². The number of ketones is 1. The largest absolute Gasteiger partial charge is 0.497 e. The molecule has 0 aliphatic heterocycles. The van der Waals surface area contributed by atoms with E-state index in [9.17, 15) is 9.59 Å². The molecular formula is C14H17NO4. The molecule has 0 atom stereocenters. The number of Topliss-reactive ketones (excluding diaryl/α,β-unsaturated/α-hetero) is 1. The third kappa shape index (κ3) is 4.93. The molecule has 0 aromatic heterocycles. The fraction of sp³-hybridized carbons (Fsp3) is 0.286. The molecule has 1 amide bonds. The summed E-state index contributed by atoms with van der Waals surface area (Å²) in [5, 5.41) is 8.61. The highest BCUT2D eigenvalue weighted by Gasteiger charge is 2.09. The van der Waals surface area contributed by atoms with Crippen LogP contribution in [-0.4, -0.2) is 49.0 Å². The van der Waals surface area contributed by atoms with Gasteiger partial charge in [0.05, 0.1) is 13.7 Å². The van der Waals surface area contributed by atoms with E-state index in [0.717, 1.165) is 11.3 Å². The van der Waals surface area contributed by atoms with E-state index >= 15 is 0 Å². The molecule has 0 aliphatic carbocycles. The zero-order valence-electron chi connectivity index (χ0n) is 11.0. The average Bonchev–Trinajstić information content (AvgIpc) is 2.44. The monoisotopic (exact) mass is 263 g/mol. The van der Waals surface area contributed by atoms with Crippen molar-refractivity contribution in [3.8, 4) is 5.75 Å². The minimum atomic E-state index is -0.556. The predicted octanol–water partition coefficient (Wildman–Crippen LogP) is 0.728. The summed E-state index contributed by atoms with van der Waals surface area (Å²) in [6.07, 6.45) is 3.04. The highest BCUT2D eigenvalue weighted by Crippen LogP contribution is 2.12. The Morgan fingerprint density at radius 3 is 2.47 bits per heavy atom. The van der Waals surface area contributed by atoms with Crippen LogP contribution in [0.1, 0.15) is 5.56 Å². The summed E-state index contributed by atoms with van der Waals surface area (Å²) in [6, 6.07) is 7.23. The van der Waals surface area contributed by atoms with E-state index in [-0.39, 0.29) is 12.5 Å². The molecule has 0 radical (unpaired) electrons. The SMILES string of the molecule is COc1ccc(/C=C/C(=O)N(C)CC(=O)CO)cc1. The Balaban J connectivity index is 2.59. The van der Waals surface area contributed by atoms with Crippen molar-refractivity contribution < 1.29 is 19.4 Å². The number of carbonyl (C=O) groups excluding carboxylic acids is 2. The molecule has 0 bridgehead atoms. The number of likely N-dealkylation sites (N-methyl/N-ethyl adjacent to an activating group) is 1. The molecule has 1 N–H and O–H groups in total. The van der Waals surface area contributed by atoms with Gasteiger partial charge in [-0.15, -0.1) is 0 Å². The molecule has 0 unspecified atom stereocenters. The number of rotatable bonds is 6. The van der Waals surface area contributed by atoms with Gasteiger partial charge in [0.2, 0.25) is 5.91 Å². The van der Waals surface area contributed by atoms with Crippen LogP contribution in [0.4, 0.5) is 0 Å². The van der Waals surface area contributed by atoms with E-state index in [1.165, 1.54) is 18.0 Å². The van der Waals surface area contributed by atoms with Crippen LogP contribution in [0, 0.1) is 0 Å². The van der Waals surface area contributed by atoms with Crippen LogP contribution in [0.3, 0.4) is 0 Å². The van der Waals surface area contributed by atoms with Crippen LogP contribution in [0.25, 0.3) is 6.08 Å². The maximum atomic E-state index is 11.7. The number of benzene rings is 1. The lowest BCUT2D eigenvalue weighted by Crippen LogP contribution is -2.31. The normalized spacial score (nSPS) is 10.5. The number of aliphatic hydroxyl groups is 1. The molecule has 1 rings (SSSR count). The van der Waals surface area contributed by atoms with Crippen molar-refractivity contribution in [2.75, 3.05) is 27.3 Å². The first kappa shape index (κ1) is 14.9. The Bertz CT molecular complexity index is 465. The number of aliphatic hydroxyl groups excluding tert-OH is 1. The van der Waals surface area contributed by atoms with Gasteiger partial charge in [-0.25, -0.2) is 0 Å². The first-order valence-corrected chi connectivity index (χ1v) is 5.76. The van der Waals surface area contributed by atoms with Crippen LogP contribution in [-0.2, 0) is 9.59 Å². The third-order valence-electron chi connectivity index (χ3n) is 2.50. The highest BCUT2D eigenvalue weighted by molar-refractivity contribution is 5.94. The fourth-order valence-corrected chi connectivity index (χ4v) is 1.40. The number of nitrogens with zero attached hydrogens (tertiary/aromatic N) is 1. The fourth-order valence-electron chi connectivity index (χ4n) is 1.40. The summed E-state index contributed by atoms with van der Waals surface area (Å²) >= 11 is 0. The summed E-state index contributed by atoms with van der Waals surface area (Å²) in [5.41, 5.74) is 0.857. The third-order valence-corrected chi connectivity index (χ3v) is 2.50. The predicted molar refractivity (Wildman–Crippen MR) is 71.8 cm³/mol. The van der Waals surface area contributed by atoms with E-state index in [0.29, 0.717) is 0 Å². The van der Waals surface area contributed by atoms with Crippen LogP contribution >= 0.6 is 0 Å². The van der Waals surface area contributed by atoms with Crippen molar-refractivity contribution >= 4 is 17.8 Å². The van der Waals surface area contributed by atoms with Gasteiger partial charge >= 0.3 is 0 Å². The lowest BCUT2D eigenvalue weighted by molar-refractivity contribution is -0.131. The number of hydrogen-bond donors (Lipinski definition) is 1. The summed E-state index contributed by atoms with van der Waals surface area (Å²) < 4.78 is 5.03. The summed E-state index contributed by atoms with van der Waals surface area (Å²) in [6.45, 7) is -0.651. The zero-order chi connectivity index (χ0) is 14.3. The topological polar surface area (TPSA) is 66.8 Å². The van der Waals surface area contributed by atoms with E-state index in [1.54, 1.807) is 25.3 Å². The number of ether oxygens (including phenoxy) is 1. The van der Waals surface area contributed by atoms with Crippen LogP contribution in [0.5, 0.6) is 5.75 Å². The van der Waals surface area contributed by atoms with E-state index < -0.39 is 12.4 Å². The standard InChI is InChI=1S/C14H17NO4/c1-15(9-12(17)10-16)14(18)8-5-11-3-6-13(19-2)7-4-11/h3-8,16H,9-10H2,1-2H3/b8-5+. The van der Waals surface area contributed by atoms with Gasteiger partial charge in [-0.2, -0.15) is 0 Å². The second-order valence-corrected chi connectivity index (χ2v) is 4.00. The summed E-state index contributed by atoms with van der Waals surface area (Å²) in [5.74, 6) is 0.0560. The van der Waals surface area contributed by atoms with E-state index in [1.807, 2.05) is 12.1 Å². The summed E-state index contributed by atoms with van der Waals surface area (Å²) in [4.78, 5) is 23.9. The Morgan fingerprint density at radius 2 is 1.95 bits per heavy atom. The Labute approximate surface area is 112 Å². The molecule has 0 aliphatic rings. The Hall–Kier alpha value is -2.14. The second kappa shape index (κ2) is 7.33. The highest BCUT2D eigenvalue weighted by atomic mass is 16.5. The van der Waals surface area contributed by atoms with Gasteiger partial charge in [-0.05, 0) is 23.8 Å². The van der Waals surface area contributed by atoms with Gasteiger partial charge in [-0.3, -0.25) is 9.59 Å². The van der Waals surface area contributed by atoms with Gasteiger partial charge in [-0.1, -0.05) is 12.1 Å². The Kier molecular flexibility index (Phi) is 5.75. The van der Waals surface area contributed by atoms with Crippen molar-refractivity contribution in [3.05, 3.63) is 35.9 Å². The van der Waals surface area contributed by atoms with Gasteiger partial charge in [0.15, 0.2) is 5.78 Å². The maximum absolute atomic E-state index is 11.7. The number of methoxy groups -OCH3 is 1. The molecule has 1 aromatic rings. The molecule has 0 fully saturated rings. The van der Waals surface area contributed by atoms with Gasteiger partial charge in [0, 0.05) is 13.1 Å². The number of hydrogen-bond acceptors (Lipinski definition) is 4. The molecule has 0 saturated heterocycles. The van der Waals surface area contributed by atoms with Gasteiger partial charge < -0.3 is 14.7 Å². The molecule has 0 heterocycles. The lowest BCUT2D eigenvalue weighted by atomic mass is 10.2. The minimum absolute atomic E-state index is 0.0950. The van der Waals surface area contributed by atoms with Crippen molar-refractivity contribution in [2.24, 2.45) is 0 Å². The lowest BCUT2D eigenvalue weighted by Gasteiger charge is -2.12. The van der Waals surface area contributed by atoms with Crippen molar-refractivity contribution in [2.45, 2.75) is 0 Å². The quantitative estimate of drug-likeness (QED) is 0.768. The molecule has 19 heavy (non-hydrogen) atoms. The minimum Gasteiger partial charge on any atom is -0.497 e. The molecule has 102 valence electrons. The second-order valence-electron chi connectivity index (χ2n) is 4.00. The maximum Gasteiger partial charge on any atom is 0.246 e. The summed E-state index contributed by atoms with van der Waals surface area (Å²) in [7, 11) is 3.09. The van der Waals surface area contributed by atoms with Crippen LogP contribution in [0.2, 0.25) is 0 Å². The number of carbonyl (C=O) groups is 2. The molecular weight excluding hydrogens is 246 g/mol.